The van der Waals surface area contributed by atoms with E-state index in [4.69, 9.17) is 0 Å². The molecule has 1 aliphatic rings. The van der Waals surface area contributed by atoms with E-state index in [1.165, 1.54) is 12.1 Å². The molecule has 1 saturated heterocycles. The lowest BCUT2D eigenvalue weighted by Gasteiger charge is -2.25. The number of nitrogens with one attached hydrogen (secondary N) is 2. The Hall–Kier alpha value is -2.65. The summed E-state index contributed by atoms with van der Waals surface area (Å²) >= 11 is 1.92. The van der Waals surface area contributed by atoms with E-state index in [9.17, 15) is 18.8 Å². The minimum Gasteiger partial charge on any atom is -0.348 e. The molecule has 0 saturated carbocycles. The van der Waals surface area contributed by atoms with Gasteiger partial charge in [-0.25, -0.2) is 4.39 Å². The first-order valence-corrected chi connectivity index (χ1v) is 11.7. The number of aromatic nitrogens is 1. The predicted octanol–water partition coefficient (Wildman–Crippen LogP) is 2.69. The van der Waals surface area contributed by atoms with Crippen LogP contribution in [-0.2, 0) is 11.8 Å². The fourth-order valence-electron chi connectivity index (χ4n) is 3.89. The number of hydrogen-bond donors (Lipinski definition) is 2. The normalized spacial score (nSPS) is 14.3. The lowest BCUT2D eigenvalue weighted by atomic mass is 10.1. The van der Waals surface area contributed by atoms with E-state index < -0.39 is 17.6 Å². The van der Waals surface area contributed by atoms with Crippen molar-refractivity contribution in [1.29, 1.82) is 0 Å². The molecular formula is C23H29FN4O3S. The maximum Gasteiger partial charge on any atom is 0.294 e. The van der Waals surface area contributed by atoms with Crippen LogP contribution in [0, 0.1) is 26.6 Å². The van der Waals surface area contributed by atoms with Crippen LogP contribution in [0.2, 0.25) is 0 Å². The number of Topliss-reactive ketones (excluding diaryl/α,β-unsaturated/α-hetero) is 1. The maximum atomic E-state index is 13.5. The monoisotopic (exact) mass is 460 g/mol. The van der Waals surface area contributed by atoms with Crippen molar-refractivity contribution in [2.45, 2.75) is 20.8 Å². The molecule has 7 nitrogen and oxygen atoms in total. The minimum atomic E-state index is -0.679. The van der Waals surface area contributed by atoms with Gasteiger partial charge in [-0.2, -0.15) is 11.8 Å². The highest BCUT2D eigenvalue weighted by Crippen LogP contribution is 2.24. The van der Waals surface area contributed by atoms with Gasteiger partial charge in [0.15, 0.2) is 0 Å². The second kappa shape index (κ2) is 10.3. The minimum absolute atomic E-state index is 0.190. The molecule has 1 fully saturated rings. The lowest BCUT2D eigenvalue weighted by Crippen LogP contribution is -2.41. The van der Waals surface area contributed by atoms with Gasteiger partial charge in [0.2, 0.25) is 0 Å². The van der Waals surface area contributed by atoms with Gasteiger partial charge in [0, 0.05) is 56.1 Å². The molecule has 3 rings (SSSR count). The molecule has 2 heterocycles. The van der Waals surface area contributed by atoms with Crippen LogP contribution in [0.1, 0.15) is 37.7 Å². The number of amides is 2. The van der Waals surface area contributed by atoms with Gasteiger partial charge in [-0.15, -0.1) is 0 Å². The Morgan fingerprint density at radius 2 is 1.81 bits per heavy atom. The number of carbonyl (C=O) groups excluding carboxylic acids is 3. The maximum absolute atomic E-state index is 13.5. The highest BCUT2D eigenvalue weighted by atomic mass is 32.2. The van der Waals surface area contributed by atoms with Gasteiger partial charge in [0.05, 0.1) is 11.3 Å². The average Bonchev–Trinajstić information content (AvgIpc) is 2.99. The zero-order chi connectivity index (χ0) is 23.4. The molecule has 9 heteroatoms. The first-order valence-electron chi connectivity index (χ1n) is 10.6. The quantitative estimate of drug-likeness (QED) is 0.490. The fraction of sp³-hybridized carbons (Fsp3) is 0.435. The summed E-state index contributed by atoms with van der Waals surface area (Å²) in [6.45, 7) is 8.06. The van der Waals surface area contributed by atoms with Crippen molar-refractivity contribution in [3.8, 4) is 0 Å². The van der Waals surface area contributed by atoms with Crippen molar-refractivity contribution >= 4 is 35.0 Å². The van der Waals surface area contributed by atoms with Crippen LogP contribution in [0.3, 0.4) is 0 Å². The van der Waals surface area contributed by atoms with E-state index in [-0.39, 0.29) is 11.5 Å². The summed E-state index contributed by atoms with van der Waals surface area (Å²) < 4.78 is 15.1. The number of benzene rings is 1. The van der Waals surface area contributed by atoms with E-state index >= 15 is 0 Å². The first-order chi connectivity index (χ1) is 15.2. The van der Waals surface area contributed by atoms with E-state index in [0.717, 1.165) is 24.6 Å². The number of nitrogens with zero attached hydrogens (tertiary/aromatic N) is 2. The second-order valence-corrected chi connectivity index (χ2v) is 9.17. The molecule has 2 N–H and O–H groups in total. The highest BCUT2D eigenvalue weighted by molar-refractivity contribution is 7.99. The second-order valence-electron chi connectivity index (χ2n) is 7.95. The Kier molecular flexibility index (Phi) is 7.73. The summed E-state index contributed by atoms with van der Waals surface area (Å²) in [7, 11) is 1.66. The zero-order valence-electron chi connectivity index (χ0n) is 18.9. The van der Waals surface area contributed by atoms with Gasteiger partial charge in [-0.05, 0) is 50.1 Å². The summed E-state index contributed by atoms with van der Waals surface area (Å²) in [5.74, 6) is 0.0472. The number of carbonyl (C=O) groups is 3. The molecule has 172 valence electrons. The van der Waals surface area contributed by atoms with Crippen LogP contribution in [0.4, 0.5) is 10.1 Å². The molecule has 0 atom stereocenters. The predicted molar refractivity (Wildman–Crippen MR) is 125 cm³/mol. The zero-order valence-corrected chi connectivity index (χ0v) is 19.7. The number of anilines is 1. The van der Waals surface area contributed by atoms with Crippen molar-refractivity contribution in [3.63, 3.8) is 0 Å². The SMILES string of the molecule is Cc1cc(NC(=O)c2c(C)c(C(=O)C(=O)NCCN3CCSCC3)n(C)c2C)ccc1F. The highest BCUT2D eigenvalue weighted by Gasteiger charge is 2.28. The van der Waals surface area contributed by atoms with Crippen LogP contribution < -0.4 is 10.6 Å². The summed E-state index contributed by atoms with van der Waals surface area (Å²) in [4.78, 5) is 40.6. The molecule has 0 bridgehead atoms. The van der Waals surface area contributed by atoms with Gasteiger partial charge in [0.1, 0.15) is 5.82 Å². The molecule has 0 aliphatic carbocycles. The molecule has 1 aromatic carbocycles. The molecule has 1 aliphatic heterocycles. The number of aryl methyl sites for hydroxylation is 1. The number of halogens is 1. The average molecular weight is 461 g/mol. The number of thioether (sulfide) groups is 1. The molecule has 2 aromatic rings. The Labute approximate surface area is 191 Å². The van der Waals surface area contributed by atoms with E-state index in [0.29, 0.717) is 41.2 Å². The van der Waals surface area contributed by atoms with Gasteiger partial charge >= 0.3 is 0 Å². The molecule has 1 aromatic heterocycles. The summed E-state index contributed by atoms with van der Waals surface area (Å²) in [5, 5.41) is 5.45. The topological polar surface area (TPSA) is 83.4 Å². The van der Waals surface area contributed by atoms with Crippen molar-refractivity contribution in [2.24, 2.45) is 7.05 Å². The molecule has 0 unspecified atom stereocenters. The van der Waals surface area contributed by atoms with Crippen LogP contribution >= 0.6 is 11.8 Å². The Morgan fingerprint density at radius 1 is 1.12 bits per heavy atom. The standard InChI is InChI=1S/C23H29FN4O3S/c1-14-13-17(5-6-18(14)24)26-22(30)19-15(2)20(27(4)16(19)3)21(29)23(31)25-7-8-28-9-11-32-12-10-28/h5-6,13H,7-12H2,1-4H3,(H,25,31)(H,26,30). The van der Waals surface area contributed by atoms with Gasteiger partial charge in [-0.1, -0.05) is 0 Å². The third-order valence-electron chi connectivity index (χ3n) is 5.81. The molecule has 2 amide bonds. The van der Waals surface area contributed by atoms with Crippen LogP contribution in [0.5, 0.6) is 0 Å². The van der Waals surface area contributed by atoms with E-state index in [2.05, 4.69) is 15.5 Å². The summed E-state index contributed by atoms with van der Waals surface area (Å²) in [6.07, 6.45) is 0. The number of rotatable bonds is 7. The van der Waals surface area contributed by atoms with E-state index in [1.54, 1.807) is 38.5 Å². The largest absolute Gasteiger partial charge is 0.348 e. The number of hydrogen-bond acceptors (Lipinski definition) is 5. The van der Waals surface area contributed by atoms with Crippen molar-refractivity contribution in [2.75, 3.05) is 43.0 Å². The smallest absolute Gasteiger partial charge is 0.294 e. The lowest BCUT2D eigenvalue weighted by molar-refractivity contribution is -0.117. The fourth-order valence-corrected chi connectivity index (χ4v) is 4.87. The third-order valence-corrected chi connectivity index (χ3v) is 6.75. The Bertz CT molecular complexity index is 1040. The Balaban J connectivity index is 1.71. The summed E-state index contributed by atoms with van der Waals surface area (Å²) in [6, 6.07) is 4.31. The van der Waals surface area contributed by atoms with Crippen molar-refractivity contribution < 1.29 is 18.8 Å². The van der Waals surface area contributed by atoms with Crippen molar-refractivity contribution in [3.05, 3.63) is 52.1 Å². The van der Waals surface area contributed by atoms with Crippen LogP contribution in [0.15, 0.2) is 18.2 Å². The molecular weight excluding hydrogens is 431 g/mol. The Morgan fingerprint density at radius 3 is 2.47 bits per heavy atom. The molecule has 0 radical (unpaired) electrons. The molecule has 32 heavy (non-hydrogen) atoms. The van der Waals surface area contributed by atoms with E-state index in [1.807, 2.05) is 11.8 Å². The third kappa shape index (κ3) is 5.21. The van der Waals surface area contributed by atoms with Gasteiger partial charge in [-0.3, -0.25) is 19.3 Å². The van der Waals surface area contributed by atoms with Crippen LogP contribution in [-0.4, -0.2) is 64.7 Å². The number of ketones is 1. The summed E-state index contributed by atoms with van der Waals surface area (Å²) in [5.41, 5.74) is 2.40. The molecule has 0 spiro atoms. The van der Waals surface area contributed by atoms with Gasteiger partial charge < -0.3 is 15.2 Å². The first kappa shape index (κ1) is 24.0. The van der Waals surface area contributed by atoms with Gasteiger partial charge in [0.25, 0.3) is 17.6 Å². The van der Waals surface area contributed by atoms with Crippen LogP contribution in [0.25, 0.3) is 0 Å². The van der Waals surface area contributed by atoms with Crippen molar-refractivity contribution in [1.82, 2.24) is 14.8 Å².